The molecule has 2 heterocycles. The van der Waals surface area contributed by atoms with Crippen LogP contribution in [0.25, 0.3) is 0 Å². The van der Waals surface area contributed by atoms with Crippen LogP contribution < -0.4 is 0 Å². The van der Waals surface area contributed by atoms with E-state index in [2.05, 4.69) is 25.9 Å². The standard InChI is InChI=1S/C14H16BrN3O2/c1-18(7-6-13-16-9-11(15)10-17-13)14(19)5-4-12-3-2-8-20-12/h2-3,8-10H,4-7H2,1H3. The van der Waals surface area contributed by atoms with Crippen LogP contribution in [-0.4, -0.2) is 34.4 Å². The molecule has 0 aliphatic carbocycles. The number of hydrogen-bond acceptors (Lipinski definition) is 4. The highest BCUT2D eigenvalue weighted by molar-refractivity contribution is 9.10. The monoisotopic (exact) mass is 337 g/mol. The van der Waals surface area contributed by atoms with Crippen LogP contribution in [0.1, 0.15) is 18.0 Å². The van der Waals surface area contributed by atoms with Crippen molar-refractivity contribution in [2.45, 2.75) is 19.3 Å². The zero-order chi connectivity index (χ0) is 14.4. The van der Waals surface area contributed by atoms with Crippen LogP contribution in [0.2, 0.25) is 0 Å². The van der Waals surface area contributed by atoms with Crippen molar-refractivity contribution < 1.29 is 9.21 Å². The quantitative estimate of drug-likeness (QED) is 0.812. The summed E-state index contributed by atoms with van der Waals surface area (Å²) in [6.45, 7) is 0.610. The van der Waals surface area contributed by atoms with Crippen LogP contribution in [0.3, 0.4) is 0 Å². The number of carbonyl (C=O) groups excluding carboxylic acids is 1. The summed E-state index contributed by atoms with van der Waals surface area (Å²) in [6.07, 6.45) is 6.77. The molecule has 0 radical (unpaired) electrons. The zero-order valence-electron chi connectivity index (χ0n) is 11.3. The summed E-state index contributed by atoms with van der Waals surface area (Å²) in [5, 5.41) is 0. The maximum Gasteiger partial charge on any atom is 0.222 e. The van der Waals surface area contributed by atoms with Gasteiger partial charge in [-0.3, -0.25) is 4.79 Å². The molecule has 20 heavy (non-hydrogen) atoms. The van der Waals surface area contributed by atoms with Crippen molar-refractivity contribution >= 4 is 21.8 Å². The molecule has 0 atom stereocenters. The van der Waals surface area contributed by atoms with E-state index in [1.165, 1.54) is 0 Å². The third kappa shape index (κ3) is 4.45. The molecule has 6 heteroatoms. The van der Waals surface area contributed by atoms with Gasteiger partial charge in [-0.25, -0.2) is 9.97 Å². The molecule has 0 saturated carbocycles. The van der Waals surface area contributed by atoms with Gasteiger partial charge < -0.3 is 9.32 Å². The van der Waals surface area contributed by atoms with Crippen LogP contribution in [0.15, 0.2) is 39.7 Å². The molecular formula is C14H16BrN3O2. The van der Waals surface area contributed by atoms with Crippen molar-refractivity contribution in [2.24, 2.45) is 0 Å². The minimum atomic E-state index is 0.0958. The summed E-state index contributed by atoms with van der Waals surface area (Å²) in [6, 6.07) is 3.71. The third-order valence-electron chi connectivity index (χ3n) is 2.94. The maximum atomic E-state index is 11.9. The molecule has 0 aliphatic heterocycles. The van der Waals surface area contributed by atoms with Crippen molar-refractivity contribution in [1.29, 1.82) is 0 Å². The summed E-state index contributed by atoms with van der Waals surface area (Å²) >= 11 is 3.29. The lowest BCUT2D eigenvalue weighted by Crippen LogP contribution is -2.29. The van der Waals surface area contributed by atoms with Gasteiger partial charge in [0, 0.05) is 45.2 Å². The number of aryl methyl sites for hydroxylation is 1. The van der Waals surface area contributed by atoms with Crippen LogP contribution in [0.4, 0.5) is 0 Å². The molecule has 2 rings (SSSR count). The summed E-state index contributed by atoms with van der Waals surface area (Å²) in [5.74, 6) is 1.67. The molecule has 0 aliphatic rings. The summed E-state index contributed by atoms with van der Waals surface area (Å²) in [5.41, 5.74) is 0. The first-order chi connectivity index (χ1) is 9.65. The topological polar surface area (TPSA) is 59.2 Å². The van der Waals surface area contributed by atoms with Crippen molar-refractivity contribution in [3.05, 3.63) is 46.8 Å². The summed E-state index contributed by atoms with van der Waals surface area (Å²) < 4.78 is 6.06. The first-order valence-corrected chi connectivity index (χ1v) is 7.17. The minimum absolute atomic E-state index is 0.0958. The lowest BCUT2D eigenvalue weighted by Gasteiger charge is -2.16. The van der Waals surface area contributed by atoms with E-state index < -0.39 is 0 Å². The number of carbonyl (C=O) groups is 1. The molecule has 5 nitrogen and oxygen atoms in total. The van der Waals surface area contributed by atoms with Gasteiger partial charge in [-0.2, -0.15) is 0 Å². The third-order valence-corrected chi connectivity index (χ3v) is 3.35. The Kier molecular flexibility index (Phi) is 5.29. The van der Waals surface area contributed by atoms with Crippen LogP contribution in [-0.2, 0) is 17.6 Å². The molecule has 0 spiro atoms. The zero-order valence-corrected chi connectivity index (χ0v) is 12.8. The molecule has 0 unspecified atom stereocenters. The number of aromatic nitrogens is 2. The average Bonchev–Trinajstić information content (AvgIpc) is 2.97. The Labute approximate surface area is 126 Å². The van der Waals surface area contributed by atoms with Crippen molar-refractivity contribution in [3.8, 4) is 0 Å². The fourth-order valence-corrected chi connectivity index (χ4v) is 1.94. The van der Waals surface area contributed by atoms with Gasteiger partial charge in [-0.05, 0) is 28.1 Å². The van der Waals surface area contributed by atoms with E-state index in [1.807, 2.05) is 12.1 Å². The van der Waals surface area contributed by atoms with E-state index in [4.69, 9.17) is 4.42 Å². The fourth-order valence-electron chi connectivity index (χ4n) is 1.74. The van der Waals surface area contributed by atoms with Gasteiger partial charge in [-0.1, -0.05) is 0 Å². The van der Waals surface area contributed by atoms with Crippen molar-refractivity contribution in [2.75, 3.05) is 13.6 Å². The summed E-state index contributed by atoms with van der Waals surface area (Å²) in [4.78, 5) is 22.0. The Balaban J connectivity index is 1.74. The second-order valence-corrected chi connectivity index (χ2v) is 5.38. The molecule has 2 aromatic heterocycles. The Morgan fingerprint density at radius 1 is 1.35 bits per heavy atom. The van der Waals surface area contributed by atoms with Gasteiger partial charge in [0.2, 0.25) is 5.91 Å². The van der Waals surface area contributed by atoms with Crippen LogP contribution in [0.5, 0.6) is 0 Å². The van der Waals surface area contributed by atoms with Gasteiger partial charge in [0.15, 0.2) is 0 Å². The number of nitrogens with zero attached hydrogens (tertiary/aromatic N) is 3. The van der Waals surface area contributed by atoms with Crippen molar-refractivity contribution in [3.63, 3.8) is 0 Å². The van der Waals surface area contributed by atoms with Gasteiger partial charge >= 0.3 is 0 Å². The normalized spacial score (nSPS) is 10.5. The van der Waals surface area contributed by atoms with E-state index in [9.17, 15) is 4.79 Å². The smallest absolute Gasteiger partial charge is 0.222 e. The number of amides is 1. The minimum Gasteiger partial charge on any atom is -0.469 e. The number of furan rings is 1. The highest BCUT2D eigenvalue weighted by Gasteiger charge is 2.10. The molecule has 2 aromatic rings. The fraction of sp³-hybridized carbons (Fsp3) is 0.357. The van der Waals surface area contributed by atoms with Crippen LogP contribution >= 0.6 is 15.9 Å². The first kappa shape index (κ1) is 14.7. The van der Waals surface area contributed by atoms with E-state index >= 15 is 0 Å². The lowest BCUT2D eigenvalue weighted by atomic mass is 10.2. The Morgan fingerprint density at radius 2 is 2.10 bits per heavy atom. The second kappa shape index (κ2) is 7.19. The second-order valence-electron chi connectivity index (χ2n) is 4.46. The van der Waals surface area contributed by atoms with E-state index in [-0.39, 0.29) is 5.91 Å². The number of likely N-dealkylation sites (N-methyl/N-ethyl adjacent to an activating group) is 1. The van der Waals surface area contributed by atoms with Gasteiger partial charge in [-0.15, -0.1) is 0 Å². The lowest BCUT2D eigenvalue weighted by molar-refractivity contribution is -0.129. The predicted molar refractivity (Wildman–Crippen MR) is 78.1 cm³/mol. The van der Waals surface area contributed by atoms with E-state index in [0.717, 1.165) is 16.1 Å². The Morgan fingerprint density at radius 3 is 2.75 bits per heavy atom. The summed E-state index contributed by atoms with van der Waals surface area (Å²) in [7, 11) is 1.79. The van der Waals surface area contributed by atoms with Crippen LogP contribution in [0, 0.1) is 0 Å². The Hall–Kier alpha value is -1.69. The first-order valence-electron chi connectivity index (χ1n) is 6.38. The molecule has 0 bridgehead atoms. The SMILES string of the molecule is CN(CCc1ncc(Br)cn1)C(=O)CCc1ccco1. The highest BCUT2D eigenvalue weighted by atomic mass is 79.9. The molecule has 0 fully saturated rings. The van der Waals surface area contributed by atoms with Crippen molar-refractivity contribution in [1.82, 2.24) is 14.9 Å². The molecule has 106 valence electrons. The van der Waals surface area contributed by atoms with Gasteiger partial charge in [0.05, 0.1) is 10.7 Å². The van der Waals surface area contributed by atoms with E-state index in [0.29, 0.717) is 25.8 Å². The van der Waals surface area contributed by atoms with E-state index in [1.54, 1.807) is 30.6 Å². The van der Waals surface area contributed by atoms with Gasteiger partial charge in [0.25, 0.3) is 0 Å². The predicted octanol–water partition coefficient (Wildman–Crippen LogP) is 2.47. The molecule has 1 amide bonds. The maximum absolute atomic E-state index is 11.9. The molecular weight excluding hydrogens is 322 g/mol. The van der Waals surface area contributed by atoms with Gasteiger partial charge in [0.1, 0.15) is 11.6 Å². The Bertz CT molecular complexity index is 540. The number of rotatable bonds is 6. The molecule has 0 N–H and O–H groups in total. The largest absolute Gasteiger partial charge is 0.469 e. The number of halogens is 1. The number of hydrogen-bond donors (Lipinski definition) is 0. The molecule has 0 aromatic carbocycles. The average molecular weight is 338 g/mol. The highest BCUT2D eigenvalue weighted by Crippen LogP contribution is 2.07. The molecule has 0 saturated heterocycles.